The van der Waals surface area contributed by atoms with Crippen LogP contribution in [0.4, 0.5) is 5.69 Å². The monoisotopic (exact) mass is 451 g/mol. The summed E-state index contributed by atoms with van der Waals surface area (Å²) >= 11 is 0. The van der Waals surface area contributed by atoms with Gasteiger partial charge in [0.1, 0.15) is 11.3 Å². The van der Waals surface area contributed by atoms with E-state index in [9.17, 15) is 9.59 Å². The Morgan fingerprint density at radius 2 is 1.59 bits per heavy atom. The third-order valence-corrected chi connectivity index (χ3v) is 5.81. The van der Waals surface area contributed by atoms with Crippen molar-refractivity contribution < 1.29 is 14.3 Å². The molecule has 0 bridgehead atoms. The standard InChI is InChI=1S/C28H25N3O3/c1-20(19-34-23-12-6-3-7-13-23)17-30-18-21(24-14-8-9-15-26(24)30)16-25-27(32)29-31(28(25)33)22-10-4-2-5-11-22/h2-16,18,20H,17,19H2,1H3,(H,29,32)/b25-16+/t20-/m0/s1. The highest BCUT2D eigenvalue weighted by molar-refractivity contribution is 6.32. The van der Waals surface area contributed by atoms with E-state index in [1.807, 2.05) is 72.9 Å². The number of fused-ring (bicyclic) bond motifs is 1. The Morgan fingerprint density at radius 3 is 2.35 bits per heavy atom. The summed E-state index contributed by atoms with van der Waals surface area (Å²) in [5.41, 5.74) is 5.29. The minimum Gasteiger partial charge on any atom is -0.493 e. The fourth-order valence-corrected chi connectivity index (χ4v) is 4.16. The molecule has 0 aliphatic carbocycles. The van der Waals surface area contributed by atoms with Crippen LogP contribution in [0.2, 0.25) is 0 Å². The maximum absolute atomic E-state index is 13.0. The minimum absolute atomic E-state index is 0.118. The summed E-state index contributed by atoms with van der Waals surface area (Å²) in [5, 5.41) is 2.28. The van der Waals surface area contributed by atoms with Gasteiger partial charge >= 0.3 is 0 Å². The molecule has 4 aromatic rings. The topological polar surface area (TPSA) is 63.6 Å². The van der Waals surface area contributed by atoms with E-state index in [0.29, 0.717) is 12.3 Å². The van der Waals surface area contributed by atoms with Gasteiger partial charge in [0.2, 0.25) is 0 Å². The normalized spacial score (nSPS) is 15.7. The number of para-hydroxylation sites is 3. The number of hydrogen-bond donors (Lipinski definition) is 1. The SMILES string of the molecule is C[C@H](COc1ccccc1)Cn1cc(/C=C2\C(=O)NN(c3ccccc3)C2=O)c2ccccc21. The molecule has 0 saturated carbocycles. The highest BCUT2D eigenvalue weighted by Crippen LogP contribution is 2.27. The van der Waals surface area contributed by atoms with Gasteiger partial charge in [-0.25, -0.2) is 5.01 Å². The van der Waals surface area contributed by atoms with E-state index in [4.69, 9.17) is 4.74 Å². The third kappa shape index (κ3) is 4.30. The fourth-order valence-electron chi connectivity index (χ4n) is 4.16. The average molecular weight is 452 g/mol. The van der Waals surface area contributed by atoms with Crippen molar-refractivity contribution >= 4 is 34.5 Å². The molecular formula is C28H25N3O3. The summed E-state index contributed by atoms with van der Waals surface area (Å²) in [6.07, 6.45) is 3.69. The molecule has 3 aromatic carbocycles. The largest absolute Gasteiger partial charge is 0.493 e. The molecule has 0 spiro atoms. The van der Waals surface area contributed by atoms with Crippen molar-refractivity contribution in [3.05, 3.63) is 102 Å². The number of ether oxygens (including phenoxy) is 1. The molecule has 34 heavy (non-hydrogen) atoms. The van der Waals surface area contributed by atoms with E-state index in [1.54, 1.807) is 18.2 Å². The van der Waals surface area contributed by atoms with E-state index < -0.39 is 5.91 Å². The zero-order chi connectivity index (χ0) is 23.5. The van der Waals surface area contributed by atoms with Crippen molar-refractivity contribution in [2.75, 3.05) is 11.6 Å². The molecule has 1 aliphatic heterocycles. The van der Waals surface area contributed by atoms with Crippen LogP contribution in [0.15, 0.2) is 96.7 Å². The lowest BCUT2D eigenvalue weighted by atomic mass is 10.1. The second-order valence-electron chi connectivity index (χ2n) is 8.46. The third-order valence-electron chi connectivity index (χ3n) is 5.81. The van der Waals surface area contributed by atoms with Crippen LogP contribution in [0, 0.1) is 5.92 Å². The first-order chi connectivity index (χ1) is 16.6. The predicted octanol–water partition coefficient (Wildman–Crippen LogP) is 4.82. The lowest BCUT2D eigenvalue weighted by Crippen LogP contribution is -2.35. The first-order valence-electron chi connectivity index (χ1n) is 11.3. The summed E-state index contributed by atoms with van der Waals surface area (Å²) < 4.78 is 8.08. The first kappa shape index (κ1) is 21.5. The van der Waals surface area contributed by atoms with Crippen LogP contribution in [-0.4, -0.2) is 23.0 Å². The molecule has 1 aromatic heterocycles. The zero-order valence-electron chi connectivity index (χ0n) is 18.8. The van der Waals surface area contributed by atoms with Crippen LogP contribution in [0.1, 0.15) is 12.5 Å². The van der Waals surface area contributed by atoms with Gasteiger partial charge in [0, 0.05) is 35.1 Å². The molecule has 1 fully saturated rings. The Morgan fingerprint density at radius 1 is 0.912 bits per heavy atom. The number of rotatable bonds is 7. The van der Waals surface area contributed by atoms with Gasteiger partial charge in [0.25, 0.3) is 11.8 Å². The molecule has 0 radical (unpaired) electrons. The second kappa shape index (κ2) is 9.27. The van der Waals surface area contributed by atoms with Crippen molar-refractivity contribution in [1.82, 2.24) is 9.99 Å². The Balaban J connectivity index is 1.40. The number of nitrogens with zero attached hydrogens (tertiary/aromatic N) is 2. The maximum Gasteiger partial charge on any atom is 0.282 e. The summed E-state index contributed by atoms with van der Waals surface area (Å²) in [4.78, 5) is 25.7. The molecule has 1 N–H and O–H groups in total. The van der Waals surface area contributed by atoms with Gasteiger partial charge in [-0.15, -0.1) is 0 Å². The number of anilines is 1. The van der Waals surface area contributed by atoms with E-state index >= 15 is 0 Å². The van der Waals surface area contributed by atoms with Gasteiger partial charge < -0.3 is 9.30 Å². The van der Waals surface area contributed by atoms with Crippen LogP contribution in [0.5, 0.6) is 5.75 Å². The van der Waals surface area contributed by atoms with Crippen LogP contribution in [0.3, 0.4) is 0 Å². The molecular weight excluding hydrogens is 426 g/mol. The Bertz CT molecular complexity index is 1360. The molecule has 170 valence electrons. The van der Waals surface area contributed by atoms with Gasteiger partial charge in [-0.05, 0) is 36.4 Å². The molecule has 5 rings (SSSR count). The van der Waals surface area contributed by atoms with E-state index in [2.05, 4.69) is 23.0 Å². The average Bonchev–Trinajstić information content (AvgIpc) is 3.36. The van der Waals surface area contributed by atoms with E-state index in [-0.39, 0.29) is 17.4 Å². The smallest absolute Gasteiger partial charge is 0.282 e. The number of carbonyl (C=O) groups is 2. The minimum atomic E-state index is -0.407. The van der Waals surface area contributed by atoms with E-state index in [0.717, 1.165) is 28.8 Å². The Kier molecular flexibility index (Phi) is 5.87. The molecule has 1 aliphatic rings. The lowest BCUT2D eigenvalue weighted by Gasteiger charge is -2.15. The van der Waals surface area contributed by atoms with Gasteiger partial charge in [-0.1, -0.05) is 61.5 Å². The van der Waals surface area contributed by atoms with Crippen LogP contribution < -0.4 is 15.2 Å². The van der Waals surface area contributed by atoms with Crippen molar-refractivity contribution in [2.45, 2.75) is 13.5 Å². The molecule has 6 heteroatoms. The number of hydrogen-bond acceptors (Lipinski definition) is 3. The van der Waals surface area contributed by atoms with Gasteiger partial charge in [-0.3, -0.25) is 15.0 Å². The maximum atomic E-state index is 13.0. The zero-order valence-corrected chi connectivity index (χ0v) is 18.8. The highest BCUT2D eigenvalue weighted by atomic mass is 16.5. The van der Waals surface area contributed by atoms with Crippen molar-refractivity contribution in [2.24, 2.45) is 5.92 Å². The molecule has 2 amide bonds. The number of hydrazine groups is 1. The van der Waals surface area contributed by atoms with E-state index in [1.165, 1.54) is 5.01 Å². The predicted molar refractivity (Wildman–Crippen MR) is 133 cm³/mol. The van der Waals surface area contributed by atoms with Crippen molar-refractivity contribution in [3.63, 3.8) is 0 Å². The van der Waals surface area contributed by atoms with Crippen molar-refractivity contribution in [3.8, 4) is 5.75 Å². The second-order valence-corrected chi connectivity index (χ2v) is 8.46. The van der Waals surface area contributed by atoms with Gasteiger partial charge in [-0.2, -0.15) is 0 Å². The quantitative estimate of drug-likeness (QED) is 0.324. The molecule has 6 nitrogen and oxygen atoms in total. The van der Waals surface area contributed by atoms with Gasteiger partial charge in [0.15, 0.2) is 0 Å². The summed E-state index contributed by atoms with van der Waals surface area (Å²) in [7, 11) is 0. The molecule has 1 atom stereocenters. The lowest BCUT2D eigenvalue weighted by molar-refractivity contribution is -0.117. The van der Waals surface area contributed by atoms with Crippen LogP contribution in [-0.2, 0) is 16.1 Å². The van der Waals surface area contributed by atoms with Crippen molar-refractivity contribution in [1.29, 1.82) is 0 Å². The highest BCUT2D eigenvalue weighted by Gasteiger charge is 2.34. The molecule has 1 saturated heterocycles. The Labute approximate surface area is 198 Å². The van der Waals surface area contributed by atoms with Crippen LogP contribution >= 0.6 is 0 Å². The molecule has 2 heterocycles. The molecule has 0 unspecified atom stereocenters. The van der Waals surface area contributed by atoms with Crippen LogP contribution in [0.25, 0.3) is 17.0 Å². The summed E-state index contributed by atoms with van der Waals surface area (Å²) in [6, 6.07) is 26.9. The number of benzene rings is 3. The number of nitrogens with one attached hydrogen (secondary N) is 1. The summed E-state index contributed by atoms with van der Waals surface area (Å²) in [5.74, 6) is 0.334. The summed E-state index contributed by atoms with van der Waals surface area (Å²) in [6.45, 7) is 3.47. The Hall–Kier alpha value is -4.32. The van der Waals surface area contributed by atoms with Gasteiger partial charge in [0.05, 0.1) is 12.3 Å². The number of aromatic nitrogens is 1. The first-order valence-corrected chi connectivity index (χ1v) is 11.3. The number of carbonyl (C=O) groups excluding carboxylic acids is 2. The number of amides is 2. The fraction of sp³-hybridized carbons (Fsp3) is 0.143.